The highest BCUT2D eigenvalue weighted by Gasteiger charge is 2.35. The minimum atomic E-state index is 0.0274. The fourth-order valence-corrected chi connectivity index (χ4v) is 4.47. The van der Waals surface area contributed by atoms with Crippen molar-refractivity contribution in [3.05, 3.63) is 89.0 Å². The Morgan fingerprint density at radius 3 is 1.45 bits per heavy atom. The molecule has 29 heavy (non-hydrogen) atoms. The SMILES string of the molecule is Cc1cc(C)cc(N)c1.Oc1ccc(C2(c3ccc(O)cc3)CCCCC2)cc1. The van der Waals surface area contributed by atoms with Gasteiger partial charge < -0.3 is 15.9 Å². The minimum Gasteiger partial charge on any atom is -0.508 e. The van der Waals surface area contributed by atoms with Gasteiger partial charge in [-0.3, -0.25) is 0 Å². The lowest BCUT2D eigenvalue weighted by molar-refractivity contribution is 0.345. The van der Waals surface area contributed by atoms with E-state index in [9.17, 15) is 10.2 Å². The van der Waals surface area contributed by atoms with Crippen molar-refractivity contribution in [1.29, 1.82) is 0 Å². The van der Waals surface area contributed by atoms with E-state index < -0.39 is 0 Å². The number of nitrogens with two attached hydrogens (primary N) is 1. The maximum Gasteiger partial charge on any atom is 0.115 e. The van der Waals surface area contributed by atoms with E-state index in [1.54, 1.807) is 24.3 Å². The van der Waals surface area contributed by atoms with E-state index in [0.717, 1.165) is 18.5 Å². The third-order valence-corrected chi connectivity index (χ3v) is 5.79. The highest BCUT2D eigenvalue weighted by Crippen LogP contribution is 2.45. The summed E-state index contributed by atoms with van der Waals surface area (Å²) in [5, 5.41) is 19.0. The van der Waals surface area contributed by atoms with Crippen LogP contribution in [-0.4, -0.2) is 10.2 Å². The van der Waals surface area contributed by atoms with E-state index in [-0.39, 0.29) is 5.41 Å². The van der Waals surface area contributed by atoms with Gasteiger partial charge in [0, 0.05) is 11.1 Å². The van der Waals surface area contributed by atoms with Gasteiger partial charge in [0.2, 0.25) is 0 Å². The molecule has 0 spiro atoms. The van der Waals surface area contributed by atoms with Gasteiger partial charge in [0.05, 0.1) is 0 Å². The molecular weight excluding hydrogens is 358 g/mol. The van der Waals surface area contributed by atoms with Gasteiger partial charge in [0.25, 0.3) is 0 Å². The van der Waals surface area contributed by atoms with Crippen LogP contribution in [0.1, 0.15) is 54.4 Å². The first kappa shape index (κ1) is 20.8. The van der Waals surface area contributed by atoms with Gasteiger partial charge in [-0.1, -0.05) is 49.6 Å². The fourth-order valence-electron chi connectivity index (χ4n) is 4.47. The van der Waals surface area contributed by atoms with Crippen LogP contribution in [-0.2, 0) is 5.41 Å². The Kier molecular flexibility index (Phi) is 6.48. The smallest absolute Gasteiger partial charge is 0.115 e. The predicted octanol–water partition coefficient (Wildman–Crippen LogP) is 6.23. The Bertz CT molecular complexity index is 826. The van der Waals surface area contributed by atoms with Crippen LogP contribution in [0.3, 0.4) is 0 Å². The highest BCUT2D eigenvalue weighted by atomic mass is 16.3. The largest absolute Gasteiger partial charge is 0.508 e. The quantitative estimate of drug-likeness (QED) is 0.455. The summed E-state index contributed by atoms with van der Waals surface area (Å²) in [7, 11) is 0. The molecule has 0 atom stereocenters. The number of phenols is 2. The molecule has 0 unspecified atom stereocenters. The number of hydrogen-bond donors (Lipinski definition) is 3. The van der Waals surface area contributed by atoms with Crippen LogP contribution in [0.25, 0.3) is 0 Å². The average Bonchev–Trinajstić information content (AvgIpc) is 2.69. The van der Waals surface area contributed by atoms with E-state index in [2.05, 4.69) is 6.07 Å². The monoisotopic (exact) mass is 389 g/mol. The van der Waals surface area contributed by atoms with Crippen LogP contribution < -0.4 is 5.73 Å². The lowest BCUT2D eigenvalue weighted by Gasteiger charge is -2.38. The van der Waals surface area contributed by atoms with Crippen molar-refractivity contribution >= 4 is 5.69 Å². The van der Waals surface area contributed by atoms with Gasteiger partial charge >= 0.3 is 0 Å². The summed E-state index contributed by atoms with van der Waals surface area (Å²) in [5.41, 5.74) is 11.4. The van der Waals surface area contributed by atoms with Crippen LogP contribution >= 0.6 is 0 Å². The number of hydrogen-bond acceptors (Lipinski definition) is 3. The second-order valence-electron chi connectivity index (χ2n) is 8.16. The first-order valence-corrected chi connectivity index (χ1v) is 10.3. The molecule has 0 bridgehead atoms. The van der Waals surface area contributed by atoms with Crippen LogP contribution in [0.4, 0.5) is 5.69 Å². The molecule has 3 aromatic carbocycles. The van der Waals surface area contributed by atoms with Crippen molar-refractivity contribution < 1.29 is 10.2 Å². The van der Waals surface area contributed by atoms with E-state index in [0.29, 0.717) is 11.5 Å². The molecule has 0 saturated heterocycles. The van der Waals surface area contributed by atoms with Crippen LogP contribution in [0, 0.1) is 13.8 Å². The number of nitrogen functional groups attached to an aromatic ring is 1. The molecule has 4 N–H and O–H groups in total. The Balaban J connectivity index is 0.000000224. The average molecular weight is 390 g/mol. The number of rotatable bonds is 2. The molecule has 0 aromatic heterocycles. The summed E-state index contributed by atoms with van der Waals surface area (Å²) in [6.45, 7) is 4.09. The van der Waals surface area contributed by atoms with Crippen molar-refractivity contribution in [2.75, 3.05) is 5.73 Å². The maximum absolute atomic E-state index is 9.51. The predicted molar refractivity (Wildman–Crippen MR) is 120 cm³/mol. The molecule has 152 valence electrons. The fraction of sp³-hybridized carbons (Fsp3) is 0.308. The Morgan fingerprint density at radius 2 is 1.07 bits per heavy atom. The molecule has 4 rings (SSSR count). The van der Waals surface area contributed by atoms with Crippen molar-refractivity contribution in [1.82, 2.24) is 0 Å². The number of aromatic hydroxyl groups is 2. The summed E-state index contributed by atoms with van der Waals surface area (Å²) >= 11 is 0. The molecule has 0 heterocycles. The first-order chi connectivity index (χ1) is 13.9. The number of aryl methyl sites for hydroxylation is 2. The lowest BCUT2D eigenvalue weighted by Crippen LogP contribution is -2.30. The van der Waals surface area contributed by atoms with Gasteiger partial charge in [-0.25, -0.2) is 0 Å². The van der Waals surface area contributed by atoms with Gasteiger partial charge in [0.15, 0.2) is 0 Å². The third kappa shape index (κ3) is 5.11. The van der Waals surface area contributed by atoms with Crippen molar-refractivity contribution in [2.45, 2.75) is 51.4 Å². The Hall–Kier alpha value is -2.94. The number of anilines is 1. The zero-order valence-electron chi connectivity index (χ0n) is 17.4. The van der Waals surface area contributed by atoms with E-state index >= 15 is 0 Å². The summed E-state index contributed by atoms with van der Waals surface area (Å²) in [6, 6.07) is 21.3. The molecule has 3 nitrogen and oxygen atoms in total. The second-order valence-corrected chi connectivity index (χ2v) is 8.16. The van der Waals surface area contributed by atoms with Crippen molar-refractivity contribution in [2.24, 2.45) is 0 Å². The first-order valence-electron chi connectivity index (χ1n) is 10.3. The normalized spacial score (nSPS) is 15.2. The van der Waals surface area contributed by atoms with E-state index in [1.807, 2.05) is 50.2 Å². The topological polar surface area (TPSA) is 66.5 Å². The van der Waals surface area contributed by atoms with Crippen LogP contribution in [0.15, 0.2) is 66.7 Å². The molecule has 1 fully saturated rings. The van der Waals surface area contributed by atoms with Gasteiger partial charge in [-0.15, -0.1) is 0 Å². The zero-order valence-corrected chi connectivity index (χ0v) is 17.4. The molecule has 0 amide bonds. The van der Waals surface area contributed by atoms with E-state index in [1.165, 1.54) is 41.5 Å². The highest BCUT2D eigenvalue weighted by molar-refractivity contribution is 5.44. The minimum absolute atomic E-state index is 0.0274. The molecule has 1 aliphatic rings. The Morgan fingerprint density at radius 1 is 0.655 bits per heavy atom. The molecular formula is C26H31NO2. The van der Waals surface area contributed by atoms with E-state index in [4.69, 9.17) is 5.73 Å². The summed E-state index contributed by atoms with van der Waals surface area (Å²) < 4.78 is 0. The third-order valence-electron chi connectivity index (χ3n) is 5.79. The van der Waals surface area contributed by atoms with Crippen LogP contribution in [0.5, 0.6) is 11.5 Å². The molecule has 0 aliphatic heterocycles. The van der Waals surface area contributed by atoms with Gasteiger partial charge in [0.1, 0.15) is 11.5 Å². The van der Waals surface area contributed by atoms with Crippen molar-refractivity contribution in [3.8, 4) is 11.5 Å². The standard InChI is InChI=1S/C18H20O2.C8H11N/c19-16-8-4-14(5-9-16)18(12-2-1-3-13-18)15-6-10-17(20)11-7-15;1-6-3-7(2)5-8(9)4-6/h4-11,19-20H,1-3,12-13H2;3-5H,9H2,1-2H3. The number of benzene rings is 3. The van der Waals surface area contributed by atoms with Gasteiger partial charge in [-0.05, 0) is 85.3 Å². The molecule has 1 aliphatic carbocycles. The molecule has 3 aromatic rings. The summed E-state index contributed by atoms with van der Waals surface area (Å²) in [5.74, 6) is 0.621. The van der Waals surface area contributed by atoms with Crippen molar-refractivity contribution in [3.63, 3.8) is 0 Å². The second kappa shape index (κ2) is 9.04. The van der Waals surface area contributed by atoms with Gasteiger partial charge in [-0.2, -0.15) is 0 Å². The molecule has 0 radical (unpaired) electrons. The zero-order chi connectivity index (χ0) is 20.9. The van der Waals surface area contributed by atoms with Crippen LogP contribution in [0.2, 0.25) is 0 Å². The molecule has 1 saturated carbocycles. The molecule has 3 heteroatoms. The number of phenolic OH excluding ortho intramolecular Hbond substituents is 2. The lowest BCUT2D eigenvalue weighted by atomic mass is 9.65. The maximum atomic E-state index is 9.51. The summed E-state index contributed by atoms with van der Waals surface area (Å²) in [4.78, 5) is 0. The Labute approximate surface area is 173 Å². The summed E-state index contributed by atoms with van der Waals surface area (Å²) in [6.07, 6.45) is 5.99.